The fraction of sp³-hybridized carbons (Fsp3) is 0.500. The van der Waals surface area contributed by atoms with Crippen LogP contribution < -0.4 is 5.56 Å². The summed E-state index contributed by atoms with van der Waals surface area (Å²) < 4.78 is 1.55. The van der Waals surface area contributed by atoms with E-state index in [-0.39, 0.29) is 36.6 Å². The molecule has 1 aromatic carbocycles. The van der Waals surface area contributed by atoms with Gasteiger partial charge < -0.3 is 10.0 Å². The van der Waals surface area contributed by atoms with Gasteiger partial charge in [0, 0.05) is 12.5 Å². The monoisotopic (exact) mass is 327 g/mol. The molecule has 2 heterocycles. The van der Waals surface area contributed by atoms with E-state index in [1.165, 1.54) is 0 Å². The lowest BCUT2D eigenvalue weighted by molar-refractivity contribution is -0.133. The first-order chi connectivity index (χ1) is 11.7. The van der Waals surface area contributed by atoms with Crippen molar-refractivity contribution in [2.24, 2.45) is 5.92 Å². The van der Waals surface area contributed by atoms with Crippen LogP contribution in [0.15, 0.2) is 29.1 Å². The number of aliphatic hydroxyl groups is 1. The van der Waals surface area contributed by atoms with Gasteiger partial charge in [-0.25, -0.2) is 4.98 Å². The molecule has 6 heteroatoms. The van der Waals surface area contributed by atoms with Crippen LogP contribution in [0.3, 0.4) is 0 Å². The highest BCUT2D eigenvalue weighted by atomic mass is 16.3. The number of carbonyl (C=O) groups excluding carboxylic acids is 1. The van der Waals surface area contributed by atoms with Gasteiger partial charge in [-0.05, 0) is 37.8 Å². The Labute approximate surface area is 139 Å². The molecule has 0 bridgehead atoms. The van der Waals surface area contributed by atoms with Gasteiger partial charge in [0.05, 0.1) is 30.1 Å². The SMILES string of the molecule is O=C(C1CC1)N1CCCC1c1nc2ccccc2c(=O)n1CCO. The number of para-hydroxylation sites is 1. The van der Waals surface area contributed by atoms with Gasteiger partial charge in [-0.2, -0.15) is 0 Å². The number of hydrogen-bond donors (Lipinski definition) is 1. The summed E-state index contributed by atoms with van der Waals surface area (Å²) in [4.78, 5) is 32.0. The zero-order valence-electron chi connectivity index (χ0n) is 13.5. The van der Waals surface area contributed by atoms with Crippen molar-refractivity contribution in [3.63, 3.8) is 0 Å². The van der Waals surface area contributed by atoms with E-state index in [1.54, 1.807) is 10.6 Å². The standard InChI is InChI=1S/C18H21N3O3/c22-11-10-21-16(19-14-5-2-1-4-13(14)18(21)24)15-6-3-9-20(15)17(23)12-7-8-12/h1-2,4-5,12,15,22H,3,6-11H2. The van der Waals surface area contributed by atoms with E-state index < -0.39 is 0 Å². The average Bonchev–Trinajstić information content (AvgIpc) is 3.34. The lowest BCUT2D eigenvalue weighted by atomic mass is 10.1. The highest BCUT2D eigenvalue weighted by Gasteiger charge is 2.40. The lowest BCUT2D eigenvalue weighted by Crippen LogP contribution is -2.36. The van der Waals surface area contributed by atoms with E-state index in [1.807, 2.05) is 23.1 Å². The Morgan fingerprint density at radius 3 is 2.79 bits per heavy atom. The van der Waals surface area contributed by atoms with Crippen molar-refractivity contribution in [3.05, 3.63) is 40.4 Å². The molecule has 1 atom stereocenters. The molecule has 1 amide bonds. The van der Waals surface area contributed by atoms with Gasteiger partial charge >= 0.3 is 0 Å². The molecule has 2 aliphatic rings. The van der Waals surface area contributed by atoms with Crippen LogP contribution in [0, 0.1) is 5.92 Å². The minimum Gasteiger partial charge on any atom is -0.395 e. The third-order valence-electron chi connectivity index (χ3n) is 4.98. The zero-order valence-corrected chi connectivity index (χ0v) is 13.5. The van der Waals surface area contributed by atoms with Crippen molar-refractivity contribution < 1.29 is 9.90 Å². The molecule has 0 radical (unpaired) electrons. The van der Waals surface area contributed by atoms with Crippen molar-refractivity contribution in [2.45, 2.75) is 38.3 Å². The molecule has 2 aromatic rings. The summed E-state index contributed by atoms with van der Waals surface area (Å²) in [5, 5.41) is 9.94. The number of fused-ring (bicyclic) bond motifs is 1. The second-order valence-electron chi connectivity index (χ2n) is 6.63. The van der Waals surface area contributed by atoms with Crippen molar-refractivity contribution in [1.29, 1.82) is 0 Å². The molecule has 24 heavy (non-hydrogen) atoms. The van der Waals surface area contributed by atoms with Crippen LogP contribution in [-0.4, -0.2) is 38.6 Å². The van der Waals surface area contributed by atoms with Gasteiger partial charge in [0.15, 0.2) is 0 Å². The fourth-order valence-corrected chi connectivity index (χ4v) is 3.62. The number of nitrogens with zero attached hydrogens (tertiary/aromatic N) is 3. The number of aromatic nitrogens is 2. The molecular formula is C18H21N3O3. The first-order valence-electron chi connectivity index (χ1n) is 8.61. The summed E-state index contributed by atoms with van der Waals surface area (Å²) in [5.74, 6) is 0.957. The normalized spacial score (nSPS) is 20.7. The zero-order chi connectivity index (χ0) is 16.7. The predicted molar refractivity (Wildman–Crippen MR) is 89.5 cm³/mol. The molecule has 0 spiro atoms. The Hall–Kier alpha value is -2.21. The molecule has 1 N–H and O–H groups in total. The number of aliphatic hydroxyl groups excluding tert-OH is 1. The van der Waals surface area contributed by atoms with Gasteiger partial charge in [-0.3, -0.25) is 14.2 Å². The second-order valence-corrected chi connectivity index (χ2v) is 6.63. The highest BCUT2D eigenvalue weighted by Crippen LogP contribution is 2.38. The molecule has 1 unspecified atom stereocenters. The third kappa shape index (κ3) is 2.51. The lowest BCUT2D eigenvalue weighted by Gasteiger charge is -2.26. The van der Waals surface area contributed by atoms with Crippen molar-refractivity contribution in [3.8, 4) is 0 Å². The summed E-state index contributed by atoms with van der Waals surface area (Å²) in [6.07, 6.45) is 3.67. The Morgan fingerprint density at radius 2 is 2.04 bits per heavy atom. The third-order valence-corrected chi connectivity index (χ3v) is 4.98. The maximum absolute atomic E-state index is 12.8. The predicted octanol–water partition coefficient (Wildman–Crippen LogP) is 1.46. The quantitative estimate of drug-likeness (QED) is 0.922. The Kier molecular flexibility index (Phi) is 3.84. The molecule has 2 fully saturated rings. The summed E-state index contributed by atoms with van der Waals surface area (Å²) in [5.41, 5.74) is 0.507. The maximum atomic E-state index is 12.8. The first kappa shape index (κ1) is 15.3. The van der Waals surface area contributed by atoms with Crippen molar-refractivity contribution >= 4 is 16.8 Å². The van der Waals surface area contributed by atoms with Crippen LogP contribution in [-0.2, 0) is 11.3 Å². The Morgan fingerprint density at radius 1 is 1.25 bits per heavy atom. The van der Waals surface area contributed by atoms with Crippen LogP contribution in [0.2, 0.25) is 0 Å². The van der Waals surface area contributed by atoms with Gasteiger partial charge in [0.25, 0.3) is 5.56 Å². The summed E-state index contributed by atoms with van der Waals surface area (Å²) in [6.45, 7) is 0.798. The molecule has 1 saturated carbocycles. The topological polar surface area (TPSA) is 75.4 Å². The fourth-order valence-electron chi connectivity index (χ4n) is 3.62. The molecule has 1 saturated heterocycles. The molecule has 1 aromatic heterocycles. The minimum atomic E-state index is -0.165. The summed E-state index contributed by atoms with van der Waals surface area (Å²) >= 11 is 0. The molecular weight excluding hydrogens is 306 g/mol. The van der Waals surface area contributed by atoms with Crippen molar-refractivity contribution in [2.75, 3.05) is 13.2 Å². The number of rotatable bonds is 4. The summed E-state index contributed by atoms with van der Waals surface area (Å²) in [6, 6.07) is 7.08. The highest BCUT2D eigenvalue weighted by molar-refractivity contribution is 5.82. The number of amides is 1. The van der Waals surface area contributed by atoms with E-state index in [4.69, 9.17) is 4.98 Å². The molecule has 6 nitrogen and oxygen atoms in total. The minimum absolute atomic E-state index is 0.129. The van der Waals surface area contributed by atoms with Gasteiger partial charge in [-0.1, -0.05) is 12.1 Å². The molecule has 126 valence electrons. The maximum Gasteiger partial charge on any atom is 0.261 e. The van der Waals surface area contributed by atoms with E-state index in [0.29, 0.717) is 16.7 Å². The van der Waals surface area contributed by atoms with Crippen LogP contribution >= 0.6 is 0 Å². The molecule has 4 rings (SSSR count). The van der Waals surface area contributed by atoms with E-state index in [2.05, 4.69) is 0 Å². The van der Waals surface area contributed by atoms with Crippen LogP contribution in [0.25, 0.3) is 10.9 Å². The smallest absolute Gasteiger partial charge is 0.261 e. The first-order valence-corrected chi connectivity index (χ1v) is 8.61. The Bertz CT molecular complexity index is 841. The second kappa shape index (κ2) is 6.02. The average molecular weight is 327 g/mol. The van der Waals surface area contributed by atoms with Gasteiger partial charge in [0.2, 0.25) is 5.91 Å². The van der Waals surface area contributed by atoms with E-state index >= 15 is 0 Å². The van der Waals surface area contributed by atoms with E-state index in [9.17, 15) is 14.7 Å². The van der Waals surface area contributed by atoms with Gasteiger partial charge in [-0.15, -0.1) is 0 Å². The van der Waals surface area contributed by atoms with Crippen LogP contribution in [0.5, 0.6) is 0 Å². The van der Waals surface area contributed by atoms with Crippen LogP contribution in [0.1, 0.15) is 37.5 Å². The number of benzene rings is 1. The largest absolute Gasteiger partial charge is 0.395 e. The Balaban J connectivity index is 1.83. The number of carbonyl (C=O) groups is 1. The number of likely N-dealkylation sites (tertiary alicyclic amines) is 1. The molecule has 1 aliphatic carbocycles. The van der Waals surface area contributed by atoms with Crippen LogP contribution in [0.4, 0.5) is 0 Å². The van der Waals surface area contributed by atoms with Gasteiger partial charge in [0.1, 0.15) is 5.82 Å². The van der Waals surface area contributed by atoms with Crippen molar-refractivity contribution in [1.82, 2.24) is 14.5 Å². The molecule has 1 aliphatic heterocycles. The van der Waals surface area contributed by atoms with E-state index in [0.717, 1.165) is 32.2 Å². The summed E-state index contributed by atoms with van der Waals surface area (Å²) in [7, 11) is 0. The number of hydrogen-bond acceptors (Lipinski definition) is 4.